The molecule has 1 heterocycles. The monoisotopic (exact) mass is 278 g/mol. The van der Waals surface area contributed by atoms with Crippen molar-refractivity contribution in [1.29, 1.82) is 5.26 Å². The average molecular weight is 278 g/mol. The number of hydrogen-bond acceptors (Lipinski definition) is 5. The van der Waals surface area contributed by atoms with E-state index in [0.29, 0.717) is 5.56 Å². The molecule has 1 aromatic heterocycles. The van der Waals surface area contributed by atoms with Crippen molar-refractivity contribution in [3.8, 4) is 16.6 Å². The van der Waals surface area contributed by atoms with Crippen molar-refractivity contribution in [2.45, 2.75) is 0 Å². The van der Waals surface area contributed by atoms with Crippen LogP contribution in [0.15, 0.2) is 54.6 Å². The van der Waals surface area contributed by atoms with Gasteiger partial charge in [-0.05, 0) is 24.3 Å². The summed E-state index contributed by atoms with van der Waals surface area (Å²) in [6, 6.07) is 19.3. The zero-order chi connectivity index (χ0) is 13.8. The topological polar surface area (TPSA) is 61.6 Å². The number of para-hydroxylation sites is 1. The fourth-order valence-corrected chi connectivity index (χ4v) is 2.49. The number of nitrogens with zero attached hydrogens (tertiary/aromatic N) is 3. The SMILES string of the molecule is N#Cc1ccc(-c2nnc(Nc3ccccc3)s2)cc1. The Morgan fingerprint density at radius 2 is 1.70 bits per heavy atom. The van der Waals surface area contributed by atoms with E-state index in [2.05, 4.69) is 21.6 Å². The van der Waals surface area contributed by atoms with Crippen LogP contribution in [0.25, 0.3) is 10.6 Å². The van der Waals surface area contributed by atoms with Crippen molar-refractivity contribution in [1.82, 2.24) is 10.2 Å². The number of aromatic nitrogens is 2. The number of benzene rings is 2. The van der Waals surface area contributed by atoms with Gasteiger partial charge in [-0.3, -0.25) is 0 Å². The first-order valence-corrected chi connectivity index (χ1v) is 6.83. The molecule has 0 atom stereocenters. The van der Waals surface area contributed by atoms with Gasteiger partial charge in [0.15, 0.2) is 0 Å². The second kappa shape index (κ2) is 5.51. The highest BCUT2D eigenvalue weighted by molar-refractivity contribution is 7.18. The molecule has 3 rings (SSSR count). The first-order chi connectivity index (χ1) is 9.85. The van der Waals surface area contributed by atoms with E-state index < -0.39 is 0 Å². The second-order valence-electron chi connectivity index (χ2n) is 4.09. The molecule has 0 aliphatic rings. The Hall–Kier alpha value is -2.71. The summed E-state index contributed by atoms with van der Waals surface area (Å²) in [5.74, 6) is 0. The van der Waals surface area contributed by atoms with Gasteiger partial charge in [-0.25, -0.2) is 0 Å². The Morgan fingerprint density at radius 3 is 2.40 bits per heavy atom. The lowest BCUT2D eigenvalue weighted by Gasteiger charge is -1.99. The molecule has 0 spiro atoms. The van der Waals surface area contributed by atoms with Crippen LogP contribution < -0.4 is 5.32 Å². The van der Waals surface area contributed by atoms with E-state index in [1.165, 1.54) is 11.3 Å². The van der Waals surface area contributed by atoms with Gasteiger partial charge >= 0.3 is 0 Å². The third kappa shape index (κ3) is 2.66. The van der Waals surface area contributed by atoms with Gasteiger partial charge in [0.2, 0.25) is 5.13 Å². The van der Waals surface area contributed by atoms with Gasteiger partial charge < -0.3 is 5.32 Å². The number of anilines is 2. The van der Waals surface area contributed by atoms with Crippen molar-refractivity contribution in [3.05, 3.63) is 60.2 Å². The minimum atomic E-state index is 0.640. The van der Waals surface area contributed by atoms with Gasteiger partial charge in [0.25, 0.3) is 0 Å². The maximum absolute atomic E-state index is 8.78. The lowest BCUT2D eigenvalue weighted by atomic mass is 10.2. The molecule has 0 fully saturated rings. The summed E-state index contributed by atoms with van der Waals surface area (Å²) < 4.78 is 0. The highest BCUT2D eigenvalue weighted by Crippen LogP contribution is 2.28. The average Bonchev–Trinajstić information content (AvgIpc) is 2.97. The molecule has 0 amide bonds. The summed E-state index contributed by atoms with van der Waals surface area (Å²) in [7, 11) is 0. The summed E-state index contributed by atoms with van der Waals surface area (Å²) >= 11 is 1.48. The van der Waals surface area contributed by atoms with Crippen LogP contribution >= 0.6 is 11.3 Å². The molecular weight excluding hydrogens is 268 g/mol. The summed E-state index contributed by atoms with van der Waals surface area (Å²) in [5, 5.41) is 21.8. The third-order valence-corrected chi connectivity index (χ3v) is 3.60. The van der Waals surface area contributed by atoms with Gasteiger partial charge in [-0.2, -0.15) is 5.26 Å². The molecule has 20 heavy (non-hydrogen) atoms. The number of hydrogen-bond donors (Lipinski definition) is 1. The zero-order valence-electron chi connectivity index (χ0n) is 10.4. The largest absolute Gasteiger partial charge is 0.330 e. The molecule has 0 bridgehead atoms. The standard InChI is InChI=1S/C15H10N4S/c16-10-11-6-8-12(9-7-11)14-18-19-15(20-14)17-13-4-2-1-3-5-13/h1-9H,(H,17,19). The van der Waals surface area contributed by atoms with E-state index in [1.807, 2.05) is 42.5 Å². The fourth-order valence-electron chi connectivity index (χ4n) is 1.72. The summed E-state index contributed by atoms with van der Waals surface area (Å²) in [6.07, 6.45) is 0. The molecule has 5 heteroatoms. The molecule has 0 radical (unpaired) electrons. The summed E-state index contributed by atoms with van der Waals surface area (Å²) in [4.78, 5) is 0. The van der Waals surface area contributed by atoms with E-state index in [1.54, 1.807) is 12.1 Å². The Balaban J connectivity index is 1.81. The molecule has 0 unspecified atom stereocenters. The molecule has 0 saturated carbocycles. The predicted octanol–water partition coefficient (Wildman–Crippen LogP) is 3.82. The third-order valence-electron chi connectivity index (χ3n) is 2.71. The predicted molar refractivity (Wildman–Crippen MR) is 79.8 cm³/mol. The van der Waals surface area contributed by atoms with Gasteiger partial charge in [0.1, 0.15) is 5.01 Å². The van der Waals surface area contributed by atoms with Crippen molar-refractivity contribution < 1.29 is 0 Å². The maximum atomic E-state index is 8.78. The van der Waals surface area contributed by atoms with Crippen molar-refractivity contribution >= 4 is 22.2 Å². The number of nitrogens with one attached hydrogen (secondary N) is 1. The molecule has 0 saturated heterocycles. The quantitative estimate of drug-likeness (QED) is 0.791. The Morgan fingerprint density at radius 1 is 0.950 bits per heavy atom. The van der Waals surface area contributed by atoms with Crippen LogP contribution in [0.5, 0.6) is 0 Å². The van der Waals surface area contributed by atoms with Gasteiger partial charge in [0, 0.05) is 11.3 Å². The normalized spacial score (nSPS) is 9.95. The van der Waals surface area contributed by atoms with Gasteiger partial charge in [-0.1, -0.05) is 41.7 Å². The lowest BCUT2D eigenvalue weighted by molar-refractivity contribution is 1.10. The summed E-state index contributed by atoms with van der Waals surface area (Å²) in [5.41, 5.74) is 2.58. The highest BCUT2D eigenvalue weighted by Gasteiger charge is 2.06. The van der Waals surface area contributed by atoms with Crippen LogP contribution in [0.2, 0.25) is 0 Å². The zero-order valence-corrected chi connectivity index (χ0v) is 11.3. The van der Waals surface area contributed by atoms with E-state index in [9.17, 15) is 0 Å². The Bertz CT molecular complexity index is 742. The van der Waals surface area contributed by atoms with E-state index in [0.717, 1.165) is 21.4 Å². The number of rotatable bonds is 3. The van der Waals surface area contributed by atoms with Crippen molar-refractivity contribution in [2.75, 3.05) is 5.32 Å². The molecule has 3 aromatic rings. The van der Waals surface area contributed by atoms with Crippen molar-refractivity contribution in [3.63, 3.8) is 0 Å². The summed E-state index contributed by atoms with van der Waals surface area (Å²) in [6.45, 7) is 0. The molecular formula is C15H10N4S. The van der Waals surface area contributed by atoms with E-state index >= 15 is 0 Å². The van der Waals surface area contributed by atoms with Crippen LogP contribution in [0, 0.1) is 11.3 Å². The maximum Gasteiger partial charge on any atom is 0.210 e. The minimum Gasteiger partial charge on any atom is -0.330 e. The fraction of sp³-hybridized carbons (Fsp3) is 0. The van der Waals surface area contributed by atoms with Crippen LogP contribution in [0.3, 0.4) is 0 Å². The van der Waals surface area contributed by atoms with Gasteiger partial charge in [-0.15, -0.1) is 10.2 Å². The molecule has 1 N–H and O–H groups in total. The van der Waals surface area contributed by atoms with Crippen LogP contribution in [0.4, 0.5) is 10.8 Å². The highest BCUT2D eigenvalue weighted by atomic mass is 32.1. The smallest absolute Gasteiger partial charge is 0.210 e. The first kappa shape index (κ1) is 12.3. The van der Waals surface area contributed by atoms with Gasteiger partial charge in [0.05, 0.1) is 11.6 Å². The molecule has 96 valence electrons. The van der Waals surface area contributed by atoms with Crippen LogP contribution in [-0.4, -0.2) is 10.2 Å². The minimum absolute atomic E-state index is 0.640. The Kier molecular flexibility index (Phi) is 3.40. The number of nitriles is 1. The van der Waals surface area contributed by atoms with Crippen LogP contribution in [0.1, 0.15) is 5.56 Å². The van der Waals surface area contributed by atoms with E-state index in [4.69, 9.17) is 5.26 Å². The van der Waals surface area contributed by atoms with E-state index in [-0.39, 0.29) is 0 Å². The second-order valence-corrected chi connectivity index (χ2v) is 5.07. The van der Waals surface area contributed by atoms with Crippen molar-refractivity contribution in [2.24, 2.45) is 0 Å². The molecule has 0 aliphatic carbocycles. The molecule has 0 aliphatic heterocycles. The molecule has 4 nitrogen and oxygen atoms in total. The Labute approximate surface area is 120 Å². The lowest BCUT2D eigenvalue weighted by Crippen LogP contribution is -1.87. The first-order valence-electron chi connectivity index (χ1n) is 6.01. The molecule has 2 aromatic carbocycles. The van der Waals surface area contributed by atoms with Crippen LogP contribution in [-0.2, 0) is 0 Å².